The summed E-state index contributed by atoms with van der Waals surface area (Å²) in [5.41, 5.74) is 0.335. The molecule has 0 amide bonds. The van der Waals surface area contributed by atoms with Crippen molar-refractivity contribution < 1.29 is 73.9 Å². The van der Waals surface area contributed by atoms with Crippen LogP contribution in [0.1, 0.15) is 17.3 Å². The summed E-state index contributed by atoms with van der Waals surface area (Å²) in [5, 5.41) is 0. The molecule has 0 N–H and O–H groups in total. The quantitative estimate of drug-likeness (QED) is 0.544. The minimum absolute atomic E-state index is 0. The summed E-state index contributed by atoms with van der Waals surface area (Å²) < 4.78 is 40.1. The van der Waals surface area contributed by atoms with Gasteiger partial charge in [0.15, 0.2) is 5.78 Å². The largest absolute Gasteiger partial charge is 1.00 e. The molecule has 16 heavy (non-hydrogen) atoms. The van der Waals surface area contributed by atoms with Gasteiger partial charge in [0.05, 0.1) is 6.51 Å². The first-order valence-corrected chi connectivity index (χ1v) is 4.33. The summed E-state index contributed by atoms with van der Waals surface area (Å²) in [6, 6.07) is 5.68. The number of ketones is 1. The summed E-state index contributed by atoms with van der Waals surface area (Å²) in [6.45, 7) is -4.91. The summed E-state index contributed by atoms with van der Waals surface area (Å²) >= 11 is 0. The van der Waals surface area contributed by atoms with Gasteiger partial charge >= 0.3 is 58.4 Å². The number of carbonyl (C=O) groups is 1. The van der Waals surface area contributed by atoms with E-state index < -0.39 is 13.5 Å². The summed E-state index contributed by atoms with van der Waals surface area (Å²) in [6.07, 6.45) is 0. The first-order valence-electron chi connectivity index (χ1n) is 4.33. The van der Waals surface area contributed by atoms with Gasteiger partial charge in [-0.2, -0.15) is 0 Å². The normalized spacial score (nSPS) is 10.5. The fourth-order valence-electron chi connectivity index (χ4n) is 0.996. The third-order valence-corrected chi connectivity index (χ3v) is 1.68. The standard InChI is InChI=1S/C9H9BF3O2.K/c1-7(14)8-3-2-4-9(5-8)15-6-10(11,12)13;/h2-5H,6H2,1H3;/q-1;+1. The second-order valence-corrected chi connectivity index (χ2v) is 3.11. The second kappa shape index (κ2) is 6.81. The van der Waals surface area contributed by atoms with E-state index in [0.29, 0.717) is 5.56 Å². The van der Waals surface area contributed by atoms with Gasteiger partial charge in [-0.15, -0.1) is 0 Å². The number of carbonyl (C=O) groups excluding carboxylic acids is 1. The molecular weight excluding hydrogens is 247 g/mol. The van der Waals surface area contributed by atoms with Crippen molar-refractivity contribution in [3.8, 4) is 5.75 Å². The average molecular weight is 256 g/mol. The number of Topliss-reactive ketones (excluding diaryl/α,β-unsaturated/α-hetero) is 1. The summed E-state index contributed by atoms with van der Waals surface area (Å²) in [5.74, 6) is -0.153. The van der Waals surface area contributed by atoms with Gasteiger partial charge in [0.1, 0.15) is 5.75 Å². The fourth-order valence-corrected chi connectivity index (χ4v) is 0.996. The van der Waals surface area contributed by atoms with E-state index in [2.05, 4.69) is 4.74 Å². The molecule has 0 saturated heterocycles. The van der Waals surface area contributed by atoms with Crippen LogP contribution in [-0.2, 0) is 0 Å². The maximum absolute atomic E-state index is 11.9. The molecule has 0 atom stereocenters. The van der Waals surface area contributed by atoms with Gasteiger partial charge in [-0.25, -0.2) is 0 Å². The Kier molecular flexibility index (Phi) is 6.88. The molecule has 1 rings (SSSR count). The van der Waals surface area contributed by atoms with Crippen molar-refractivity contribution in [2.24, 2.45) is 0 Å². The Balaban J connectivity index is 0.00000225. The Hall–Kier alpha value is 0.181. The van der Waals surface area contributed by atoms with Crippen molar-refractivity contribution >= 4 is 12.8 Å². The van der Waals surface area contributed by atoms with Crippen molar-refractivity contribution in [1.29, 1.82) is 0 Å². The zero-order valence-electron chi connectivity index (χ0n) is 9.04. The second-order valence-electron chi connectivity index (χ2n) is 3.11. The van der Waals surface area contributed by atoms with Crippen molar-refractivity contribution in [3.05, 3.63) is 29.8 Å². The van der Waals surface area contributed by atoms with Gasteiger partial charge < -0.3 is 17.7 Å². The van der Waals surface area contributed by atoms with Gasteiger partial charge in [-0.1, -0.05) is 12.1 Å². The SMILES string of the molecule is CC(=O)c1cccc(OC[B-](F)(F)F)c1.[K+]. The topological polar surface area (TPSA) is 26.3 Å². The molecule has 7 heteroatoms. The van der Waals surface area contributed by atoms with E-state index in [1.54, 1.807) is 0 Å². The molecule has 2 nitrogen and oxygen atoms in total. The summed E-state index contributed by atoms with van der Waals surface area (Å²) in [7, 11) is 0. The molecule has 0 spiro atoms. The predicted octanol–water partition coefficient (Wildman–Crippen LogP) is -0.341. The molecule has 0 fully saturated rings. The van der Waals surface area contributed by atoms with E-state index in [1.807, 2.05) is 0 Å². The molecule has 0 aromatic heterocycles. The Labute approximate surface area is 134 Å². The van der Waals surface area contributed by atoms with Crippen LogP contribution >= 0.6 is 0 Å². The monoisotopic (exact) mass is 256 g/mol. The van der Waals surface area contributed by atoms with E-state index in [9.17, 15) is 17.7 Å². The molecule has 1 aromatic carbocycles. The molecule has 0 heterocycles. The Bertz CT molecular complexity index is 368. The van der Waals surface area contributed by atoms with E-state index in [-0.39, 0.29) is 62.9 Å². The number of halogens is 3. The van der Waals surface area contributed by atoms with Gasteiger partial charge in [-0.05, 0) is 19.1 Å². The molecule has 0 radical (unpaired) electrons. The molecule has 1 aromatic rings. The molecule has 0 saturated carbocycles. The number of hydrogen-bond acceptors (Lipinski definition) is 2. The van der Waals surface area contributed by atoms with Crippen LogP contribution in [0.15, 0.2) is 24.3 Å². The molecule has 0 bridgehead atoms. The molecule has 0 aliphatic heterocycles. The van der Waals surface area contributed by atoms with Crippen molar-refractivity contribution in [2.75, 3.05) is 6.51 Å². The van der Waals surface area contributed by atoms with Crippen molar-refractivity contribution in [2.45, 2.75) is 6.92 Å². The minimum atomic E-state index is -4.96. The van der Waals surface area contributed by atoms with Crippen LogP contribution in [-0.4, -0.2) is 19.3 Å². The first kappa shape index (κ1) is 16.2. The number of hydrogen-bond donors (Lipinski definition) is 0. The Morgan fingerprint density at radius 2 is 2.00 bits per heavy atom. The number of ether oxygens (including phenoxy) is 1. The van der Waals surface area contributed by atoms with Gasteiger partial charge in [0.25, 0.3) is 0 Å². The van der Waals surface area contributed by atoms with Gasteiger partial charge in [0.2, 0.25) is 0 Å². The molecule has 0 aliphatic carbocycles. The van der Waals surface area contributed by atoms with Crippen LogP contribution in [0.2, 0.25) is 0 Å². The van der Waals surface area contributed by atoms with Crippen LogP contribution in [0, 0.1) is 0 Å². The molecule has 82 valence electrons. The van der Waals surface area contributed by atoms with Crippen LogP contribution < -0.4 is 56.1 Å². The Morgan fingerprint density at radius 3 is 2.50 bits per heavy atom. The van der Waals surface area contributed by atoms with Crippen LogP contribution in [0.25, 0.3) is 0 Å². The third-order valence-electron chi connectivity index (χ3n) is 1.68. The Morgan fingerprint density at radius 1 is 1.38 bits per heavy atom. The molecule has 0 aliphatic rings. The first-order chi connectivity index (χ1) is 6.88. The predicted molar refractivity (Wildman–Crippen MR) is 51.0 cm³/mol. The smallest absolute Gasteiger partial charge is 0.522 e. The van der Waals surface area contributed by atoms with Crippen molar-refractivity contribution in [3.63, 3.8) is 0 Å². The number of benzene rings is 1. The van der Waals surface area contributed by atoms with Crippen LogP contribution in [0.4, 0.5) is 12.9 Å². The fraction of sp³-hybridized carbons (Fsp3) is 0.222. The van der Waals surface area contributed by atoms with Crippen LogP contribution in [0.3, 0.4) is 0 Å². The zero-order valence-corrected chi connectivity index (χ0v) is 12.2. The van der Waals surface area contributed by atoms with E-state index in [0.717, 1.165) is 0 Å². The van der Waals surface area contributed by atoms with Gasteiger partial charge in [0, 0.05) is 5.56 Å². The van der Waals surface area contributed by atoms with Gasteiger partial charge in [-0.3, -0.25) is 4.79 Å². The van der Waals surface area contributed by atoms with E-state index in [4.69, 9.17) is 0 Å². The molecule has 0 unspecified atom stereocenters. The minimum Gasteiger partial charge on any atom is -0.522 e. The van der Waals surface area contributed by atoms with Crippen molar-refractivity contribution in [1.82, 2.24) is 0 Å². The average Bonchev–Trinajstić information content (AvgIpc) is 2.14. The van der Waals surface area contributed by atoms with E-state index in [1.165, 1.54) is 31.2 Å². The maximum atomic E-state index is 11.9. The van der Waals surface area contributed by atoms with E-state index >= 15 is 0 Å². The maximum Gasteiger partial charge on any atom is 1.00 e. The van der Waals surface area contributed by atoms with Crippen LogP contribution in [0.5, 0.6) is 5.75 Å². The third kappa shape index (κ3) is 6.05. The number of rotatable bonds is 4. The zero-order chi connectivity index (χ0) is 11.5. The molecular formula is C9H9BF3KO2. The summed E-state index contributed by atoms with van der Waals surface area (Å²) in [4.78, 5) is 10.9.